The number of aromatic nitrogens is 1. The lowest BCUT2D eigenvalue weighted by atomic mass is 9.76. The summed E-state index contributed by atoms with van der Waals surface area (Å²) >= 11 is 8.18. The Bertz CT molecular complexity index is 1360. The van der Waals surface area contributed by atoms with E-state index >= 15 is 0 Å². The Hall–Kier alpha value is -2.82. The van der Waals surface area contributed by atoms with Crippen molar-refractivity contribution in [3.05, 3.63) is 82.9 Å². The molecule has 0 N–H and O–H groups in total. The highest BCUT2D eigenvalue weighted by molar-refractivity contribution is 7.21. The average molecular weight is 445 g/mol. The van der Waals surface area contributed by atoms with E-state index in [1.54, 1.807) is 11.3 Å². The third-order valence-electron chi connectivity index (χ3n) is 6.69. The number of nitrogens with zero attached hydrogens (tertiary/aromatic N) is 2. The monoisotopic (exact) mass is 444 g/mol. The predicted molar refractivity (Wildman–Crippen MR) is 130 cm³/mol. The van der Waals surface area contributed by atoms with Crippen molar-refractivity contribution in [1.82, 2.24) is 4.98 Å². The number of likely N-dealkylation sites (N-methyl/N-ethyl adjacent to an activating group) is 1. The van der Waals surface area contributed by atoms with Crippen LogP contribution in [-0.4, -0.2) is 17.8 Å². The molecule has 2 aliphatic rings. The summed E-state index contributed by atoms with van der Waals surface area (Å²) in [5.74, 6) is 0.832. The van der Waals surface area contributed by atoms with Crippen molar-refractivity contribution in [2.45, 2.75) is 25.0 Å². The van der Waals surface area contributed by atoms with E-state index in [1.807, 2.05) is 30.3 Å². The van der Waals surface area contributed by atoms with E-state index in [2.05, 4.69) is 68.3 Å². The number of hydrogen-bond donors (Lipinski definition) is 0. The number of para-hydroxylation sites is 2. The molecule has 0 aliphatic carbocycles. The van der Waals surface area contributed by atoms with Crippen LogP contribution in [0.2, 0.25) is 5.02 Å². The first-order valence-electron chi connectivity index (χ1n) is 10.3. The molecule has 1 unspecified atom stereocenters. The summed E-state index contributed by atoms with van der Waals surface area (Å²) in [6, 6.07) is 20.7. The third kappa shape index (κ3) is 2.49. The zero-order valence-corrected chi connectivity index (χ0v) is 19.1. The zero-order chi connectivity index (χ0) is 21.4. The Balaban J connectivity index is 1.55. The molecule has 154 valence electrons. The van der Waals surface area contributed by atoms with Crippen molar-refractivity contribution in [3.8, 4) is 16.3 Å². The molecule has 2 aliphatic heterocycles. The summed E-state index contributed by atoms with van der Waals surface area (Å²) in [7, 11) is 2.11. The van der Waals surface area contributed by atoms with Gasteiger partial charge in [0, 0.05) is 23.3 Å². The fraction of sp³-hybridized carbons (Fsp3) is 0.192. The van der Waals surface area contributed by atoms with Crippen LogP contribution in [0.5, 0.6) is 5.75 Å². The molecule has 3 heterocycles. The number of rotatable bonds is 1. The first-order valence-corrected chi connectivity index (χ1v) is 11.5. The molecule has 31 heavy (non-hydrogen) atoms. The topological polar surface area (TPSA) is 25.4 Å². The van der Waals surface area contributed by atoms with Gasteiger partial charge < -0.3 is 9.64 Å². The lowest BCUT2D eigenvalue weighted by molar-refractivity contribution is 0.0588. The first-order chi connectivity index (χ1) is 14.9. The number of thiazole rings is 1. The Morgan fingerprint density at radius 2 is 1.81 bits per heavy atom. The smallest absolute Gasteiger partial charge is 0.211 e. The van der Waals surface area contributed by atoms with Crippen LogP contribution < -0.4 is 9.64 Å². The molecule has 6 rings (SSSR count). The number of benzene rings is 3. The molecule has 3 nitrogen and oxygen atoms in total. The summed E-state index contributed by atoms with van der Waals surface area (Å²) < 4.78 is 8.13. The molecule has 3 aromatic carbocycles. The van der Waals surface area contributed by atoms with E-state index in [-0.39, 0.29) is 5.41 Å². The van der Waals surface area contributed by atoms with E-state index in [1.165, 1.54) is 11.3 Å². The van der Waals surface area contributed by atoms with E-state index < -0.39 is 5.72 Å². The summed E-state index contributed by atoms with van der Waals surface area (Å²) in [4.78, 5) is 7.13. The highest BCUT2D eigenvalue weighted by Gasteiger charge is 2.57. The fourth-order valence-electron chi connectivity index (χ4n) is 4.99. The number of ether oxygens (including phenoxy) is 1. The largest absolute Gasteiger partial charge is 0.462 e. The van der Waals surface area contributed by atoms with Gasteiger partial charge in [-0.2, -0.15) is 0 Å². The van der Waals surface area contributed by atoms with E-state index in [0.717, 1.165) is 32.1 Å². The van der Waals surface area contributed by atoms with Crippen molar-refractivity contribution in [1.29, 1.82) is 0 Å². The molecule has 4 aromatic rings. The molecular formula is C26H21ClN2OS. The normalized spacial score (nSPS) is 20.7. The SMILES string of the molecule is CN1c2ccccc2C(C)(C)C12C=Cc1cc(Cl)cc(-c3nc4ccccc4s3)c1O2. The quantitative estimate of drug-likeness (QED) is 0.312. The van der Waals surface area contributed by atoms with Crippen LogP contribution in [0.15, 0.2) is 66.7 Å². The standard InChI is InChI=1S/C26H21ClN2OS/c1-25(2)19-8-4-6-10-21(19)29(3)26(25)13-12-16-14-17(27)15-18(23(16)30-26)24-28-20-9-5-7-11-22(20)31-24/h4-15H,1-3H3. The van der Waals surface area contributed by atoms with Gasteiger partial charge in [-0.05, 0) is 61.9 Å². The van der Waals surface area contributed by atoms with Crippen molar-refractivity contribution >= 4 is 44.9 Å². The Morgan fingerprint density at radius 1 is 1.03 bits per heavy atom. The minimum Gasteiger partial charge on any atom is -0.462 e. The van der Waals surface area contributed by atoms with Crippen LogP contribution >= 0.6 is 22.9 Å². The van der Waals surface area contributed by atoms with E-state index in [4.69, 9.17) is 21.3 Å². The molecular weight excluding hydrogens is 424 g/mol. The van der Waals surface area contributed by atoms with Crippen LogP contribution in [0.4, 0.5) is 5.69 Å². The maximum atomic E-state index is 6.97. The minimum absolute atomic E-state index is 0.253. The Kier molecular flexibility index (Phi) is 3.87. The lowest BCUT2D eigenvalue weighted by Gasteiger charge is -2.46. The molecule has 0 saturated carbocycles. The Morgan fingerprint density at radius 3 is 2.61 bits per heavy atom. The second-order valence-electron chi connectivity index (χ2n) is 8.69. The molecule has 1 atom stereocenters. The van der Waals surface area contributed by atoms with Gasteiger partial charge in [-0.1, -0.05) is 41.9 Å². The number of fused-ring (bicyclic) bond motifs is 3. The lowest BCUT2D eigenvalue weighted by Crippen LogP contribution is -2.58. The van der Waals surface area contributed by atoms with Gasteiger partial charge in [0.05, 0.1) is 21.2 Å². The summed E-state index contributed by atoms with van der Waals surface area (Å²) in [5.41, 5.74) is 4.49. The van der Waals surface area contributed by atoms with Gasteiger partial charge in [-0.15, -0.1) is 11.3 Å². The number of hydrogen-bond acceptors (Lipinski definition) is 4. The summed E-state index contributed by atoms with van der Waals surface area (Å²) in [5, 5.41) is 1.60. The number of halogens is 1. The molecule has 0 radical (unpaired) electrons. The third-order valence-corrected chi connectivity index (χ3v) is 7.97. The van der Waals surface area contributed by atoms with Crippen LogP contribution in [0.25, 0.3) is 26.9 Å². The van der Waals surface area contributed by atoms with Gasteiger partial charge in [-0.25, -0.2) is 4.98 Å². The molecule has 0 fully saturated rings. The Labute approximate surface area is 190 Å². The van der Waals surface area contributed by atoms with Crippen molar-refractivity contribution in [3.63, 3.8) is 0 Å². The van der Waals surface area contributed by atoms with Gasteiger partial charge >= 0.3 is 0 Å². The molecule has 0 saturated heterocycles. The van der Waals surface area contributed by atoms with Crippen LogP contribution in [0.3, 0.4) is 0 Å². The van der Waals surface area contributed by atoms with Crippen LogP contribution in [-0.2, 0) is 5.41 Å². The van der Waals surface area contributed by atoms with Gasteiger partial charge in [0.2, 0.25) is 5.72 Å². The van der Waals surface area contributed by atoms with Crippen molar-refractivity contribution in [2.24, 2.45) is 0 Å². The van der Waals surface area contributed by atoms with Crippen LogP contribution in [0, 0.1) is 0 Å². The maximum Gasteiger partial charge on any atom is 0.211 e. The van der Waals surface area contributed by atoms with Gasteiger partial charge in [0.15, 0.2) is 0 Å². The van der Waals surface area contributed by atoms with Gasteiger partial charge in [0.25, 0.3) is 0 Å². The highest BCUT2D eigenvalue weighted by Crippen LogP contribution is 2.55. The van der Waals surface area contributed by atoms with Gasteiger partial charge in [-0.3, -0.25) is 0 Å². The maximum absolute atomic E-state index is 6.97. The average Bonchev–Trinajstić information content (AvgIpc) is 3.27. The van der Waals surface area contributed by atoms with E-state index in [9.17, 15) is 0 Å². The fourth-order valence-corrected chi connectivity index (χ4v) is 6.20. The second kappa shape index (κ2) is 6.35. The summed E-state index contributed by atoms with van der Waals surface area (Å²) in [6.07, 6.45) is 4.32. The van der Waals surface area contributed by atoms with Crippen LogP contribution in [0.1, 0.15) is 25.0 Å². The van der Waals surface area contributed by atoms with Crippen molar-refractivity contribution in [2.75, 3.05) is 11.9 Å². The molecule has 1 aromatic heterocycles. The predicted octanol–water partition coefficient (Wildman–Crippen LogP) is 7.15. The minimum atomic E-state index is -0.636. The zero-order valence-electron chi connectivity index (χ0n) is 17.5. The molecule has 5 heteroatoms. The molecule has 0 bridgehead atoms. The molecule has 1 spiro atoms. The number of anilines is 1. The highest BCUT2D eigenvalue weighted by atomic mass is 35.5. The second-order valence-corrected chi connectivity index (χ2v) is 10.2. The van der Waals surface area contributed by atoms with Gasteiger partial charge in [0.1, 0.15) is 10.8 Å². The van der Waals surface area contributed by atoms with E-state index in [0.29, 0.717) is 5.02 Å². The molecule has 0 amide bonds. The first kappa shape index (κ1) is 18.9. The van der Waals surface area contributed by atoms with Crippen molar-refractivity contribution < 1.29 is 4.74 Å². The summed E-state index contributed by atoms with van der Waals surface area (Å²) in [6.45, 7) is 4.50.